The molecule has 0 aromatic heterocycles. The molecule has 0 aliphatic carbocycles. The van der Waals surface area contributed by atoms with E-state index in [1.54, 1.807) is 49.6 Å². The maximum Gasteiger partial charge on any atom is 0.262 e. The van der Waals surface area contributed by atoms with Crippen molar-refractivity contribution in [3.05, 3.63) is 57.5 Å². The van der Waals surface area contributed by atoms with E-state index >= 15 is 0 Å². The fourth-order valence-electron chi connectivity index (χ4n) is 2.23. The van der Waals surface area contributed by atoms with Crippen LogP contribution < -0.4 is 15.4 Å². The van der Waals surface area contributed by atoms with E-state index in [1.165, 1.54) is 0 Å². The summed E-state index contributed by atoms with van der Waals surface area (Å²) in [6.07, 6.45) is 0.709. The third kappa shape index (κ3) is 6.86. The van der Waals surface area contributed by atoms with Crippen LogP contribution in [0.3, 0.4) is 0 Å². The van der Waals surface area contributed by atoms with Crippen molar-refractivity contribution in [2.45, 2.75) is 6.42 Å². The summed E-state index contributed by atoms with van der Waals surface area (Å²) in [5.41, 5.74) is 0.807. The van der Waals surface area contributed by atoms with Gasteiger partial charge in [0.15, 0.2) is 6.61 Å². The van der Waals surface area contributed by atoms with Gasteiger partial charge in [-0.25, -0.2) is 0 Å². The number of amides is 2. The maximum absolute atomic E-state index is 12.3. The molecular formula is C19H20BrClN2O4. The van der Waals surface area contributed by atoms with Crippen LogP contribution in [0.4, 0.5) is 5.69 Å². The zero-order valence-electron chi connectivity index (χ0n) is 14.8. The average Bonchev–Trinajstić information content (AvgIpc) is 2.65. The highest BCUT2D eigenvalue weighted by Crippen LogP contribution is 2.28. The zero-order chi connectivity index (χ0) is 19.6. The quantitative estimate of drug-likeness (QED) is 0.563. The number of nitrogens with one attached hydrogen (secondary N) is 2. The Morgan fingerprint density at radius 1 is 1.19 bits per heavy atom. The number of hydrogen-bond donors (Lipinski definition) is 2. The largest absolute Gasteiger partial charge is 0.483 e. The molecule has 0 radical (unpaired) electrons. The Morgan fingerprint density at radius 2 is 1.96 bits per heavy atom. The molecule has 0 unspecified atom stereocenters. The predicted octanol–water partition coefficient (Wildman–Crippen LogP) is 3.89. The number of rotatable bonds is 9. The summed E-state index contributed by atoms with van der Waals surface area (Å²) in [5, 5.41) is 6.06. The molecule has 0 aliphatic rings. The highest BCUT2D eigenvalue weighted by atomic mass is 79.9. The fraction of sp³-hybridized carbons (Fsp3) is 0.263. The Balaban J connectivity index is 1.94. The van der Waals surface area contributed by atoms with Gasteiger partial charge in [0.1, 0.15) is 5.75 Å². The molecule has 2 amide bonds. The molecule has 2 aromatic carbocycles. The molecule has 0 spiro atoms. The number of para-hydroxylation sites is 1. The van der Waals surface area contributed by atoms with E-state index in [-0.39, 0.29) is 18.4 Å². The van der Waals surface area contributed by atoms with Crippen LogP contribution in [0.2, 0.25) is 5.02 Å². The fourth-order valence-corrected chi connectivity index (χ4v) is 3.02. The molecule has 0 saturated heterocycles. The molecule has 0 atom stereocenters. The van der Waals surface area contributed by atoms with E-state index in [2.05, 4.69) is 26.6 Å². The Kier molecular flexibility index (Phi) is 8.57. The van der Waals surface area contributed by atoms with E-state index in [0.29, 0.717) is 46.1 Å². The second-order valence-electron chi connectivity index (χ2n) is 5.56. The lowest BCUT2D eigenvalue weighted by molar-refractivity contribution is -0.118. The molecular weight excluding hydrogens is 436 g/mol. The lowest BCUT2D eigenvalue weighted by Gasteiger charge is -2.12. The molecule has 2 aromatic rings. The van der Waals surface area contributed by atoms with Crippen LogP contribution in [0, 0.1) is 0 Å². The van der Waals surface area contributed by atoms with E-state index in [4.69, 9.17) is 21.1 Å². The molecule has 8 heteroatoms. The van der Waals surface area contributed by atoms with Gasteiger partial charge in [0.05, 0.1) is 15.7 Å². The minimum Gasteiger partial charge on any atom is -0.483 e. The summed E-state index contributed by atoms with van der Waals surface area (Å²) in [4.78, 5) is 24.5. The van der Waals surface area contributed by atoms with Crippen molar-refractivity contribution in [3.8, 4) is 5.75 Å². The molecule has 0 saturated carbocycles. The van der Waals surface area contributed by atoms with Crippen molar-refractivity contribution < 1.29 is 19.1 Å². The van der Waals surface area contributed by atoms with Crippen molar-refractivity contribution in [1.29, 1.82) is 0 Å². The first-order valence-electron chi connectivity index (χ1n) is 8.25. The van der Waals surface area contributed by atoms with E-state index in [0.717, 1.165) is 0 Å². The van der Waals surface area contributed by atoms with Crippen molar-refractivity contribution in [2.75, 3.05) is 32.2 Å². The number of halogens is 2. The Hall–Kier alpha value is -2.09. The number of ether oxygens (including phenoxy) is 2. The monoisotopic (exact) mass is 454 g/mol. The first-order chi connectivity index (χ1) is 13.0. The van der Waals surface area contributed by atoms with Gasteiger partial charge in [0.25, 0.3) is 11.8 Å². The van der Waals surface area contributed by atoms with Gasteiger partial charge in [0, 0.05) is 25.3 Å². The van der Waals surface area contributed by atoms with E-state index in [9.17, 15) is 9.59 Å². The van der Waals surface area contributed by atoms with Gasteiger partial charge in [-0.05, 0) is 52.7 Å². The first-order valence-corrected chi connectivity index (χ1v) is 9.42. The number of methoxy groups -OCH3 is 1. The normalized spacial score (nSPS) is 10.3. The Morgan fingerprint density at radius 3 is 2.70 bits per heavy atom. The average molecular weight is 456 g/mol. The highest BCUT2D eigenvalue weighted by molar-refractivity contribution is 9.10. The van der Waals surface area contributed by atoms with Crippen molar-refractivity contribution in [2.24, 2.45) is 0 Å². The summed E-state index contributed by atoms with van der Waals surface area (Å²) in [6.45, 7) is 0.850. The van der Waals surface area contributed by atoms with Crippen LogP contribution in [0.15, 0.2) is 46.9 Å². The minimum atomic E-state index is -0.378. The van der Waals surface area contributed by atoms with Gasteiger partial charge in [-0.1, -0.05) is 23.7 Å². The summed E-state index contributed by atoms with van der Waals surface area (Å²) in [7, 11) is 1.61. The number of hydrogen-bond acceptors (Lipinski definition) is 4. The molecule has 27 heavy (non-hydrogen) atoms. The van der Waals surface area contributed by atoms with Crippen LogP contribution in [0.25, 0.3) is 0 Å². The number of carbonyl (C=O) groups is 2. The van der Waals surface area contributed by atoms with Gasteiger partial charge < -0.3 is 20.1 Å². The Labute approximate surface area is 171 Å². The molecule has 6 nitrogen and oxygen atoms in total. The van der Waals surface area contributed by atoms with Gasteiger partial charge in [-0.2, -0.15) is 0 Å². The Bertz CT molecular complexity index is 801. The third-order valence-corrected chi connectivity index (χ3v) is 4.36. The molecule has 0 fully saturated rings. The van der Waals surface area contributed by atoms with Crippen molar-refractivity contribution in [3.63, 3.8) is 0 Å². The summed E-state index contributed by atoms with van der Waals surface area (Å²) in [6, 6.07) is 11.8. The standard InChI is InChI=1S/C19H20BrClN2O4/c1-26-10-4-9-22-19(25)14-5-2-3-6-16(14)23-18(24)12-27-17-8-7-13(21)11-15(17)20/h2-3,5-8,11H,4,9-10,12H2,1H3,(H,22,25)(H,23,24). The molecule has 0 bridgehead atoms. The SMILES string of the molecule is COCCCNC(=O)c1ccccc1NC(=O)COc1ccc(Cl)cc1Br. The summed E-state index contributed by atoms with van der Waals surface area (Å²) < 4.78 is 11.1. The topological polar surface area (TPSA) is 76.7 Å². The number of anilines is 1. The molecule has 0 heterocycles. The van der Waals surface area contributed by atoms with Gasteiger partial charge in [-0.3, -0.25) is 9.59 Å². The molecule has 2 N–H and O–H groups in total. The number of benzene rings is 2. The molecule has 144 valence electrons. The lowest BCUT2D eigenvalue weighted by atomic mass is 10.1. The van der Waals surface area contributed by atoms with Gasteiger partial charge in [-0.15, -0.1) is 0 Å². The predicted molar refractivity (Wildman–Crippen MR) is 109 cm³/mol. The first kappa shape index (κ1) is 21.2. The maximum atomic E-state index is 12.3. The number of carbonyl (C=O) groups excluding carboxylic acids is 2. The third-order valence-electron chi connectivity index (χ3n) is 3.51. The van der Waals surface area contributed by atoms with Crippen LogP contribution in [0.1, 0.15) is 16.8 Å². The summed E-state index contributed by atoms with van der Waals surface area (Å²) >= 11 is 9.20. The van der Waals surface area contributed by atoms with E-state index < -0.39 is 0 Å². The van der Waals surface area contributed by atoms with Crippen molar-refractivity contribution >= 4 is 45.0 Å². The second kappa shape index (κ2) is 10.9. The highest BCUT2D eigenvalue weighted by Gasteiger charge is 2.13. The summed E-state index contributed by atoms with van der Waals surface area (Å²) in [5.74, 6) is -0.140. The molecule has 0 aliphatic heterocycles. The smallest absolute Gasteiger partial charge is 0.262 e. The molecule has 2 rings (SSSR count). The zero-order valence-corrected chi connectivity index (χ0v) is 17.1. The van der Waals surface area contributed by atoms with Crippen LogP contribution in [-0.2, 0) is 9.53 Å². The van der Waals surface area contributed by atoms with Crippen LogP contribution in [-0.4, -0.2) is 38.7 Å². The van der Waals surface area contributed by atoms with E-state index in [1.807, 2.05) is 0 Å². The minimum absolute atomic E-state index is 0.204. The van der Waals surface area contributed by atoms with Gasteiger partial charge >= 0.3 is 0 Å². The van der Waals surface area contributed by atoms with Crippen molar-refractivity contribution in [1.82, 2.24) is 5.32 Å². The van der Waals surface area contributed by atoms with Gasteiger partial charge in [0.2, 0.25) is 0 Å². The lowest BCUT2D eigenvalue weighted by Crippen LogP contribution is -2.27. The van der Waals surface area contributed by atoms with Crippen LogP contribution in [0.5, 0.6) is 5.75 Å². The van der Waals surface area contributed by atoms with Crippen LogP contribution >= 0.6 is 27.5 Å². The second-order valence-corrected chi connectivity index (χ2v) is 6.85.